The fourth-order valence-corrected chi connectivity index (χ4v) is 5.32. The molecule has 7 nitrogen and oxygen atoms in total. The Morgan fingerprint density at radius 3 is 2.51 bits per heavy atom. The first-order valence-electron chi connectivity index (χ1n) is 11.2. The summed E-state index contributed by atoms with van der Waals surface area (Å²) in [5, 5.41) is 3.14. The van der Waals surface area contributed by atoms with E-state index in [1.54, 1.807) is 36.4 Å². The second kappa shape index (κ2) is 10.2. The Morgan fingerprint density at radius 1 is 1.06 bits per heavy atom. The lowest BCUT2D eigenvalue weighted by molar-refractivity contribution is -0.127. The van der Waals surface area contributed by atoms with Crippen molar-refractivity contribution in [3.05, 3.63) is 82.4 Å². The third kappa shape index (κ3) is 5.55. The van der Waals surface area contributed by atoms with Gasteiger partial charge >= 0.3 is 0 Å². The summed E-state index contributed by atoms with van der Waals surface area (Å²) in [5.41, 5.74) is 3.53. The molecule has 1 amide bonds. The van der Waals surface area contributed by atoms with E-state index >= 15 is 0 Å². The number of halogens is 1. The average molecular weight is 515 g/mol. The number of nitrogens with one attached hydrogen (secondary N) is 1. The van der Waals surface area contributed by atoms with Crippen molar-refractivity contribution in [1.29, 1.82) is 0 Å². The van der Waals surface area contributed by atoms with Crippen LogP contribution in [0.15, 0.2) is 65.6 Å². The molecule has 0 fully saturated rings. The number of nitrogens with zero attached hydrogens (tertiary/aromatic N) is 1. The minimum absolute atomic E-state index is 0.122. The molecule has 0 bridgehead atoms. The fourth-order valence-electron chi connectivity index (χ4n) is 3.69. The van der Waals surface area contributed by atoms with Crippen LogP contribution in [0.25, 0.3) is 0 Å². The van der Waals surface area contributed by atoms with E-state index in [1.165, 1.54) is 15.9 Å². The van der Waals surface area contributed by atoms with Gasteiger partial charge in [0.2, 0.25) is 0 Å². The smallest absolute Gasteiger partial charge is 0.264 e. The molecule has 3 aromatic rings. The number of carbonyl (C=O) groups excluding carboxylic acids is 1. The summed E-state index contributed by atoms with van der Waals surface area (Å²) >= 11 is 6.14. The molecule has 1 heterocycles. The first-order chi connectivity index (χ1) is 16.6. The molecule has 1 N–H and O–H groups in total. The zero-order valence-electron chi connectivity index (χ0n) is 19.7. The van der Waals surface area contributed by atoms with Crippen LogP contribution in [-0.4, -0.2) is 40.1 Å². The lowest BCUT2D eigenvalue weighted by Gasteiger charge is -2.34. The van der Waals surface area contributed by atoms with E-state index in [4.69, 9.17) is 21.1 Å². The van der Waals surface area contributed by atoms with Crippen LogP contribution in [0, 0.1) is 20.8 Å². The van der Waals surface area contributed by atoms with Crippen molar-refractivity contribution in [1.82, 2.24) is 5.32 Å². The summed E-state index contributed by atoms with van der Waals surface area (Å²) < 4.78 is 39.7. The van der Waals surface area contributed by atoms with Crippen LogP contribution < -0.4 is 19.1 Å². The van der Waals surface area contributed by atoms with Gasteiger partial charge in [0.15, 0.2) is 6.10 Å². The van der Waals surface area contributed by atoms with Gasteiger partial charge in [-0.1, -0.05) is 35.4 Å². The van der Waals surface area contributed by atoms with Crippen molar-refractivity contribution in [2.45, 2.75) is 31.8 Å². The van der Waals surface area contributed by atoms with Crippen LogP contribution in [0.4, 0.5) is 5.69 Å². The highest BCUT2D eigenvalue weighted by molar-refractivity contribution is 7.92. The van der Waals surface area contributed by atoms with Gasteiger partial charge in [0, 0.05) is 5.02 Å². The lowest BCUT2D eigenvalue weighted by atomic mass is 10.1. The van der Waals surface area contributed by atoms with E-state index in [1.807, 2.05) is 39.0 Å². The number of benzene rings is 3. The molecule has 0 unspecified atom stereocenters. The Labute approximate surface area is 210 Å². The molecule has 9 heteroatoms. The molecular weight excluding hydrogens is 488 g/mol. The lowest BCUT2D eigenvalue weighted by Crippen LogP contribution is -2.51. The molecule has 0 saturated heterocycles. The molecule has 4 rings (SSSR count). The minimum Gasteiger partial charge on any atom is -0.492 e. The van der Waals surface area contributed by atoms with Crippen molar-refractivity contribution < 1.29 is 22.7 Å². The molecule has 35 heavy (non-hydrogen) atoms. The number of fused-ring (bicyclic) bond motifs is 1. The normalized spacial score (nSPS) is 15.2. The molecule has 1 aliphatic rings. The van der Waals surface area contributed by atoms with Gasteiger partial charge in [-0.15, -0.1) is 0 Å². The Balaban J connectivity index is 1.48. The number of amides is 1. The molecule has 1 aliphatic heterocycles. The number of carbonyl (C=O) groups is 1. The molecule has 0 saturated carbocycles. The molecule has 0 radical (unpaired) electrons. The highest BCUT2D eigenvalue weighted by Crippen LogP contribution is 2.38. The van der Waals surface area contributed by atoms with Crippen molar-refractivity contribution >= 4 is 33.2 Å². The minimum atomic E-state index is -3.95. The van der Waals surface area contributed by atoms with Crippen molar-refractivity contribution in [2.75, 3.05) is 24.0 Å². The van der Waals surface area contributed by atoms with E-state index in [-0.39, 0.29) is 30.3 Å². The number of anilines is 1. The maximum absolute atomic E-state index is 13.5. The molecule has 0 aromatic heterocycles. The third-order valence-electron chi connectivity index (χ3n) is 5.84. The Morgan fingerprint density at radius 2 is 1.80 bits per heavy atom. The summed E-state index contributed by atoms with van der Waals surface area (Å²) in [6.45, 7) is 6.23. The summed E-state index contributed by atoms with van der Waals surface area (Å²) in [4.78, 5) is 13.0. The summed E-state index contributed by atoms with van der Waals surface area (Å²) in [6.07, 6.45) is -1.04. The van der Waals surface area contributed by atoms with Crippen LogP contribution in [0.5, 0.6) is 11.5 Å². The van der Waals surface area contributed by atoms with Crippen LogP contribution in [-0.2, 0) is 14.8 Å². The number of ether oxygens (including phenoxy) is 2. The van der Waals surface area contributed by atoms with Gasteiger partial charge in [-0.25, -0.2) is 8.42 Å². The summed E-state index contributed by atoms with van der Waals surface area (Å²) in [6, 6.07) is 17.0. The zero-order valence-corrected chi connectivity index (χ0v) is 21.3. The second-order valence-corrected chi connectivity index (χ2v) is 10.8. The van der Waals surface area contributed by atoms with Crippen molar-refractivity contribution in [2.24, 2.45) is 0 Å². The molecule has 3 aromatic carbocycles. The van der Waals surface area contributed by atoms with Gasteiger partial charge in [-0.05, 0) is 74.4 Å². The Kier molecular flexibility index (Phi) is 7.23. The van der Waals surface area contributed by atoms with Crippen LogP contribution in [0.2, 0.25) is 5.02 Å². The number of sulfonamides is 1. The number of hydrogen-bond donors (Lipinski definition) is 1. The first-order valence-corrected chi connectivity index (χ1v) is 13.0. The number of aryl methyl sites for hydroxylation is 3. The molecule has 1 atom stereocenters. The van der Waals surface area contributed by atoms with Gasteiger partial charge in [0.05, 0.1) is 23.7 Å². The van der Waals surface area contributed by atoms with Gasteiger partial charge in [-0.3, -0.25) is 9.10 Å². The maximum atomic E-state index is 13.5. The Bertz CT molecular complexity index is 1340. The second-order valence-electron chi connectivity index (χ2n) is 8.45. The van der Waals surface area contributed by atoms with Gasteiger partial charge < -0.3 is 14.8 Å². The summed E-state index contributed by atoms with van der Waals surface area (Å²) in [5.74, 6) is 0.554. The molecular formula is C26H27ClN2O5S. The quantitative estimate of drug-likeness (QED) is 0.472. The van der Waals surface area contributed by atoms with Crippen molar-refractivity contribution in [3.8, 4) is 11.5 Å². The largest absolute Gasteiger partial charge is 0.492 e. The third-order valence-corrected chi connectivity index (χ3v) is 7.87. The highest BCUT2D eigenvalue weighted by atomic mass is 35.5. The predicted molar refractivity (Wildman–Crippen MR) is 136 cm³/mol. The van der Waals surface area contributed by atoms with E-state index in [0.29, 0.717) is 10.7 Å². The number of hydrogen-bond acceptors (Lipinski definition) is 5. The monoisotopic (exact) mass is 514 g/mol. The zero-order chi connectivity index (χ0) is 25.2. The number of rotatable bonds is 7. The molecule has 0 aliphatic carbocycles. The Hall–Kier alpha value is -3.23. The predicted octanol–water partition coefficient (Wildman–Crippen LogP) is 4.42. The fraction of sp³-hybridized carbons (Fsp3) is 0.269. The van der Waals surface area contributed by atoms with Gasteiger partial charge in [-0.2, -0.15) is 0 Å². The average Bonchev–Trinajstić information content (AvgIpc) is 2.83. The van der Waals surface area contributed by atoms with E-state index in [2.05, 4.69) is 5.32 Å². The van der Waals surface area contributed by atoms with Crippen LogP contribution in [0.3, 0.4) is 0 Å². The molecule has 0 spiro atoms. The van der Waals surface area contributed by atoms with Crippen molar-refractivity contribution in [3.63, 3.8) is 0 Å². The van der Waals surface area contributed by atoms with E-state index < -0.39 is 22.0 Å². The summed E-state index contributed by atoms with van der Waals surface area (Å²) in [7, 11) is -3.95. The highest BCUT2D eigenvalue weighted by Gasteiger charge is 2.37. The standard InChI is InChI=1S/C26H27ClN2O5S/c1-17-4-9-22(10-5-17)35(31,32)29-16-25(34-24-11-7-20(27)15-23(24)29)26(30)28-12-13-33-21-8-6-18(2)19(3)14-21/h4-11,14-15,25H,12-13,16H2,1-3H3,(H,28,30)/t25-/m1/s1. The van der Waals surface area contributed by atoms with E-state index in [0.717, 1.165) is 16.9 Å². The topological polar surface area (TPSA) is 84.9 Å². The SMILES string of the molecule is Cc1ccc(S(=O)(=O)N2C[C@H](C(=O)NCCOc3ccc(C)c(C)c3)Oc3ccc(Cl)cc32)cc1. The first kappa shape index (κ1) is 24.9. The van der Waals surface area contributed by atoms with Gasteiger partial charge in [0.1, 0.15) is 18.1 Å². The maximum Gasteiger partial charge on any atom is 0.264 e. The van der Waals surface area contributed by atoms with E-state index in [9.17, 15) is 13.2 Å². The van der Waals surface area contributed by atoms with Crippen LogP contribution in [0.1, 0.15) is 16.7 Å². The van der Waals surface area contributed by atoms with Gasteiger partial charge in [0.25, 0.3) is 15.9 Å². The van der Waals surface area contributed by atoms with Crippen LogP contribution >= 0.6 is 11.6 Å². The molecule has 184 valence electrons.